The second kappa shape index (κ2) is 7.03. The number of hydrogen-bond donors (Lipinski definition) is 2. The van der Waals surface area contributed by atoms with Crippen molar-refractivity contribution in [3.8, 4) is 0 Å². The molecule has 6 heteroatoms. The fraction of sp³-hybridized carbons (Fsp3) is 0.500. The summed E-state index contributed by atoms with van der Waals surface area (Å²) in [6, 6.07) is 6.67. The molecule has 2 N–H and O–H groups in total. The van der Waals surface area contributed by atoms with Crippen LogP contribution >= 0.6 is 0 Å². The molecule has 2 amide bonds. The molecule has 2 atom stereocenters. The van der Waals surface area contributed by atoms with Crippen LogP contribution < -0.4 is 10.6 Å². The summed E-state index contributed by atoms with van der Waals surface area (Å²) in [5.74, 6) is -1.17. The molecule has 1 aromatic carbocycles. The van der Waals surface area contributed by atoms with Gasteiger partial charge in [0.25, 0.3) is 5.91 Å². The topological polar surface area (TPSA) is 84.5 Å². The number of cyclic esters (lactones) is 1. The lowest BCUT2D eigenvalue weighted by atomic mass is 9.87. The predicted molar refractivity (Wildman–Crippen MR) is 89.6 cm³/mol. The van der Waals surface area contributed by atoms with Crippen molar-refractivity contribution in [2.24, 2.45) is 0 Å². The van der Waals surface area contributed by atoms with Crippen LogP contribution in [0.1, 0.15) is 50.0 Å². The molecule has 0 spiro atoms. The SMILES string of the molecule is C[C@H]1C[C@H](NC(=O)CNC(=O)c2ccc(C(C)(C)C)cc2)C(=O)O1. The van der Waals surface area contributed by atoms with Gasteiger partial charge in [-0.05, 0) is 30.0 Å². The number of benzene rings is 1. The molecule has 1 aliphatic rings. The Morgan fingerprint density at radius 1 is 1.21 bits per heavy atom. The van der Waals surface area contributed by atoms with E-state index in [2.05, 4.69) is 31.4 Å². The van der Waals surface area contributed by atoms with Gasteiger partial charge in [0.2, 0.25) is 5.91 Å². The van der Waals surface area contributed by atoms with Crippen LogP contribution in [0.3, 0.4) is 0 Å². The average Bonchev–Trinajstić information content (AvgIpc) is 2.81. The number of hydrogen-bond acceptors (Lipinski definition) is 4. The second-order valence-corrected chi connectivity index (χ2v) is 7.11. The van der Waals surface area contributed by atoms with Gasteiger partial charge in [0.1, 0.15) is 12.1 Å². The normalized spacial score (nSPS) is 20.4. The highest BCUT2D eigenvalue weighted by atomic mass is 16.6. The molecule has 1 aromatic rings. The fourth-order valence-electron chi connectivity index (χ4n) is 2.50. The molecule has 1 aliphatic heterocycles. The van der Waals surface area contributed by atoms with Crippen LogP contribution in [0.5, 0.6) is 0 Å². The Morgan fingerprint density at radius 2 is 1.83 bits per heavy atom. The highest BCUT2D eigenvalue weighted by molar-refractivity contribution is 5.97. The monoisotopic (exact) mass is 332 g/mol. The maximum absolute atomic E-state index is 12.1. The van der Waals surface area contributed by atoms with Crippen molar-refractivity contribution in [1.29, 1.82) is 0 Å². The Labute approximate surface area is 142 Å². The Kier molecular flexibility index (Phi) is 5.26. The van der Waals surface area contributed by atoms with E-state index in [-0.39, 0.29) is 24.0 Å². The number of carbonyl (C=O) groups excluding carboxylic acids is 3. The summed E-state index contributed by atoms with van der Waals surface area (Å²) in [5, 5.41) is 5.12. The molecule has 1 heterocycles. The van der Waals surface area contributed by atoms with Crippen LogP contribution in [0, 0.1) is 0 Å². The highest BCUT2D eigenvalue weighted by Crippen LogP contribution is 2.22. The molecule has 0 radical (unpaired) electrons. The molecular weight excluding hydrogens is 308 g/mol. The van der Waals surface area contributed by atoms with Gasteiger partial charge in [-0.25, -0.2) is 4.79 Å². The Hall–Kier alpha value is -2.37. The Morgan fingerprint density at radius 3 is 2.33 bits per heavy atom. The van der Waals surface area contributed by atoms with Crippen molar-refractivity contribution in [3.63, 3.8) is 0 Å². The third kappa shape index (κ3) is 4.57. The first-order valence-electron chi connectivity index (χ1n) is 8.05. The van der Waals surface area contributed by atoms with Gasteiger partial charge in [0.15, 0.2) is 0 Å². The van der Waals surface area contributed by atoms with Crippen LogP contribution in [0.2, 0.25) is 0 Å². The van der Waals surface area contributed by atoms with Crippen molar-refractivity contribution in [3.05, 3.63) is 35.4 Å². The first-order chi connectivity index (χ1) is 11.2. The second-order valence-electron chi connectivity index (χ2n) is 7.11. The van der Waals surface area contributed by atoms with Crippen molar-refractivity contribution in [2.75, 3.05) is 6.54 Å². The Balaban J connectivity index is 1.84. The minimum Gasteiger partial charge on any atom is -0.461 e. The summed E-state index contributed by atoms with van der Waals surface area (Å²) in [4.78, 5) is 35.4. The van der Waals surface area contributed by atoms with Crippen LogP contribution in [-0.4, -0.2) is 36.5 Å². The van der Waals surface area contributed by atoms with E-state index in [0.717, 1.165) is 5.56 Å². The van der Waals surface area contributed by atoms with Crippen LogP contribution in [0.25, 0.3) is 0 Å². The molecule has 130 valence electrons. The van der Waals surface area contributed by atoms with E-state index in [0.29, 0.717) is 12.0 Å². The van der Waals surface area contributed by atoms with Crippen LogP contribution in [0.15, 0.2) is 24.3 Å². The molecule has 1 saturated heterocycles. The molecule has 1 fully saturated rings. The van der Waals surface area contributed by atoms with Gasteiger partial charge in [0.05, 0.1) is 6.54 Å². The molecule has 0 aliphatic carbocycles. The third-order valence-electron chi connectivity index (χ3n) is 3.93. The number of rotatable bonds is 4. The molecule has 0 bridgehead atoms. The quantitative estimate of drug-likeness (QED) is 0.819. The summed E-state index contributed by atoms with van der Waals surface area (Å²) in [5.41, 5.74) is 1.64. The predicted octanol–water partition coefficient (Wildman–Crippen LogP) is 1.53. The maximum atomic E-state index is 12.1. The number of esters is 1. The lowest BCUT2D eigenvalue weighted by Gasteiger charge is -2.19. The highest BCUT2D eigenvalue weighted by Gasteiger charge is 2.32. The van der Waals surface area contributed by atoms with Gasteiger partial charge in [0, 0.05) is 12.0 Å². The van der Waals surface area contributed by atoms with E-state index in [9.17, 15) is 14.4 Å². The van der Waals surface area contributed by atoms with Gasteiger partial charge < -0.3 is 15.4 Å². The lowest BCUT2D eigenvalue weighted by Crippen LogP contribution is -2.43. The number of nitrogens with one attached hydrogen (secondary N) is 2. The largest absolute Gasteiger partial charge is 0.461 e. The van der Waals surface area contributed by atoms with Crippen LogP contribution in [0.4, 0.5) is 0 Å². The van der Waals surface area contributed by atoms with E-state index < -0.39 is 17.9 Å². The minimum atomic E-state index is -0.629. The summed E-state index contributed by atoms with van der Waals surface area (Å²) < 4.78 is 4.97. The zero-order valence-corrected chi connectivity index (χ0v) is 14.5. The maximum Gasteiger partial charge on any atom is 0.329 e. The van der Waals surface area contributed by atoms with Gasteiger partial charge in [-0.1, -0.05) is 32.9 Å². The third-order valence-corrected chi connectivity index (χ3v) is 3.93. The average molecular weight is 332 g/mol. The summed E-state index contributed by atoms with van der Waals surface area (Å²) in [7, 11) is 0. The molecule has 6 nitrogen and oxygen atoms in total. The van der Waals surface area contributed by atoms with Gasteiger partial charge >= 0.3 is 5.97 Å². The number of carbonyl (C=O) groups is 3. The first-order valence-corrected chi connectivity index (χ1v) is 8.05. The zero-order chi connectivity index (χ0) is 17.9. The summed E-state index contributed by atoms with van der Waals surface area (Å²) in [6.45, 7) is 7.88. The van der Waals surface area contributed by atoms with E-state index in [4.69, 9.17) is 4.74 Å². The molecular formula is C18H24N2O4. The summed E-state index contributed by atoms with van der Waals surface area (Å²) in [6.07, 6.45) is 0.256. The van der Waals surface area contributed by atoms with Crippen molar-refractivity contribution in [1.82, 2.24) is 10.6 Å². The van der Waals surface area contributed by atoms with E-state index >= 15 is 0 Å². The van der Waals surface area contributed by atoms with Gasteiger partial charge in [-0.2, -0.15) is 0 Å². The minimum absolute atomic E-state index is 0.0158. The molecule has 0 unspecified atom stereocenters. The number of amides is 2. The molecule has 0 aromatic heterocycles. The van der Waals surface area contributed by atoms with E-state index in [1.54, 1.807) is 19.1 Å². The van der Waals surface area contributed by atoms with Crippen molar-refractivity contribution >= 4 is 17.8 Å². The lowest BCUT2D eigenvalue weighted by molar-refractivity contribution is -0.143. The van der Waals surface area contributed by atoms with Crippen molar-refractivity contribution in [2.45, 2.75) is 51.7 Å². The van der Waals surface area contributed by atoms with Crippen LogP contribution in [-0.2, 0) is 19.7 Å². The van der Waals surface area contributed by atoms with E-state index in [1.165, 1.54) is 0 Å². The van der Waals surface area contributed by atoms with Crippen molar-refractivity contribution < 1.29 is 19.1 Å². The first kappa shape index (κ1) is 18.0. The fourth-order valence-corrected chi connectivity index (χ4v) is 2.50. The van der Waals surface area contributed by atoms with Gasteiger partial charge in [-0.15, -0.1) is 0 Å². The standard InChI is InChI=1S/C18H24N2O4/c1-11-9-14(17(23)24-11)20-15(21)10-19-16(22)12-5-7-13(8-6-12)18(2,3)4/h5-8,11,14H,9-10H2,1-4H3,(H,19,22)(H,20,21)/t11-,14-/m0/s1. The zero-order valence-electron chi connectivity index (χ0n) is 14.5. The number of ether oxygens (including phenoxy) is 1. The van der Waals surface area contributed by atoms with E-state index in [1.807, 2.05) is 12.1 Å². The summed E-state index contributed by atoms with van der Waals surface area (Å²) >= 11 is 0. The smallest absolute Gasteiger partial charge is 0.329 e. The molecule has 24 heavy (non-hydrogen) atoms. The molecule has 2 rings (SSSR count). The Bertz CT molecular complexity index is 631. The van der Waals surface area contributed by atoms with Gasteiger partial charge in [-0.3, -0.25) is 9.59 Å². The molecule has 0 saturated carbocycles.